The van der Waals surface area contributed by atoms with E-state index in [2.05, 4.69) is 0 Å². The van der Waals surface area contributed by atoms with Crippen LogP contribution in [0.3, 0.4) is 0 Å². The molecule has 0 N–H and O–H groups in total. The van der Waals surface area contributed by atoms with E-state index in [0.29, 0.717) is 26.2 Å². The fourth-order valence-electron chi connectivity index (χ4n) is 1.72. The van der Waals surface area contributed by atoms with Crippen LogP contribution in [0.4, 0.5) is 4.79 Å². The number of amides is 1. The molecule has 1 unspecified atom stereocenters. The van der Waals surface area contributed by atoms with E-state index in [1.165, 1.54) is 6.92 Å². The molecule has 0 aromatic carbocycles. The third kappa shape index (κ3) is 4.73. The van der Waals surface area contributed by atoms with Gasteiger partial charge in [-0.05, 0) is 27.7 Å². The molecular weight excluding hydrogens is 222 g/mol. The molecule has 1 fully saturated rings. The quantitative estimate of drug-likeness (QED) is 0.739. The molecule has 1 saturated heterocycles. The van der Waals surface area contributed by atoms with Crippen LogP contribution in [-0.2, 0) is 14.3 Å². The lowest BCUT2D eigenvalue weighted by atomic mass is 10.1. The smallest absolute Gasteiger partial charge is 0.410 e. The predicted octanol–water partition coefficient (Wildman–Crippen LogP) is 1.60. The van der Waals surface area contributed by atoms with Gasteiger partial charge in [-0.2, -0.15) is 0 Å². The van der Waals surface area contributed by atoms with E-state index in [4.69, 9.17) is 9.47 Å². The van der Waals surface area contributed by atoms with E-state index >= 15 is 0 Å². The molecule has 98 valence electrons. The molecule has 0 aromatic rings. The normalized spacial score (nSPS) is 21.2. The Morgan fingerprint density at radius 3 is 2.59 bits per heavy atom. The highest BCUT2D eigenvalue weighted by atomic mass is 16.6. The van der Waals surface area contributed by atoms with Crippen molar-refractivity contribution in [3.05, 3.63) is 0 Å². The average Bonchev–Trinajstić information content (AvgIpc) is 2.14. The Kier molecular flexibility index (Phi) is 4.51. The number of carbonyl (C=O) groups is 2. The average molecular weight is 243 g/mol. The minimum absolute atomic E-state index is 0.0501. The number of nitrogens with zero attached hydrogens (tertiary/aromatic N) is 1. The third-order valence-corrected chi connectivity index (χ3v) is 2.38. The van der Waals surface area contributed by atoms with Gasteiger partial charge in [0, 0.05) is 13.0 Å². The van der Waals surface area contributed by atoms with Crippen LogP contribution >= 0.6 is 0 Å². The highest BCUT2D eigenvalue weighted by Gasteiger charge is 2.31. The second kappa shape index (κ2) is 5.49. The zero-order chi connectivity index (χ0) is 13.1. The maximum Gasteiger partial charge on any atom is 0.410 e. The lowest BCUT2D eigenvalue weighted by Gasteiger charge is -2.36. The summed E-state index contributed by atoms with van der Waals surface area (Å²) in [5.74, 6) is 0.0501. The monoisotopic (exact) mass is 243 g/mol. The number of Topliss-reactive ketones (excluding diaryl/α,β-unsaturated/α-hetero) is 1. The van der Waals surface area contributed by atoms with E-state index in [9.17, 15) is 9.59 Å². The van der Waals surface area contributed by atoms with Crippen LogP contribution in [-0.4, -0.2) is 48.2 Å². The molecule has 5 heteroatoms. The maximum atomic E-state index is 11.9. The van der Waals surface area contributed by atoms with Crippen LogP contribution in [0.5, 0.6) is 0 Å². The van der Waals surface area contributed by atoms with Gasteiger partial charge < -0.3 is 14.4 Å². The minimum Gasteiger partial charge on any atom is -0.444 e. The summed E-state index contributed by atoms with van der Waals surface area (Å²) in [6.07, 6.45) is -0.0498. The van der Waals surface area contributed by atoms with Gasteiger partial charge in [-0.25, -0.2) is 4.79 Å². The van der Waals surface area contributed by atoms with E-state index < -0.39 is 5.60 Å². The second-order valence-corrected chi connectivity index (χ2v) is 5.31. The van der Waals surface area contributed by atoms with Crippen molar-refractivity contribution in [3.8, 4) is 0 Å². The standard InChI is InChI=1S/C12H21NO4/c1-9(14)7-10-8-16-6-5-13(10)11(15)17-12(2,3)4/h10H,5-8H2,1-4H3. The first kappa shape index (κ1) is 14.0. The number of morpholine rings is 1. The van der Waals surface area contributed by atoms with Crippen LogP contribution in [0.15, 0.2) is 0 Å². The summed E-state index contributed by atoms with van der Waals surface area (Å²) >= 11 is 0. The Labute approximate surface area is 102 Å². The van der Waals surface area contributed by atoms with Gasteiger partial charge in [0.05, 0.1) is 19.3 Å². The Morgan fingerprint density at radius 2 is 2.06 bits per heavy atom. The van der Waals surface area contributed by atoms with E-state index in [1.807, 2.05) is 20.8 Å². The number of ketones is 1. The molecule has 1 rings (SSSR count). The molecule has 0 aliphatic carbocycles. The Hall–Kier alpha value is -1.10. The topological polar surface area (TPSA) is 55.8 Å². The highest BCUT2D eigenvalue weighted by Crippen LogP contribution is 2.16. The fourth-order valence-corrected chi connectivity index (χ4v) is 1.72. The van der Waals surface area contributed by atoms with Crippen LogP contribution in [0.2, 0.25) is 0 Å². The van der Waals surface area contributed by atoms with Crippen molar-refractivity contribution in [2.75, 3.05) is 19.8 Å². The first-order valence-corrected chi connectivity index (χ1v) is 5.86. The van der Waals surface area contributed by atoms with Crippen molar-refractivity contribution in [1.29, 1.82) is 0 Å². The lowest BCUT2D eigenvalue weighted by Crippen LogP contribution is -2.50. The summed E-state index contributed by atoms with van der Waals surface area (Å²) < 4.78 is 10.6. The highest BCUT2D eigenvalue weighted by molar-refractivity contribution is 5.77. The first-order valence-electron chi connectivity index (χ1n) is 5.86. The van der Waals surface area contributed by atoms with Gasteiger partial charge in [0.2, 0.25) is 0 Å². The van der Waals surface area contributed by atoms with Crippen molar-refractivity contribution in [1.82, 2.24) is 4.90 Å². The molecule has 1 aliphatic rings. The van der Waals surface area contributed by atoms with Gasteiger partial charge in [-0.15, -0.1) is 0 Å². The van der Waals surface area contributed by atoms with E-state index in [1.54, 1.807) is 4.90 Å². The van der Waals surface area contributed by atoms with E-state index in [-0.39, 0.29) is 17.9 Å². The van der Waals surface area contributed by atoms with Crippen molar-refractivity contribution in [2.24, 2.45) is 0 Å². The molecular formula is C12H21NO4. The Bertz CT molecular complexity index is 295. The Balaban J connectivity index is 2.64. The molecule has 1 heterocycles. The summed E-state index contributed by atoms with van der Waals surface area (Å²) in [5.41, 5.74) is -0.518. The molecule has 1 atom stereocenters. The van der Waals surface area contributed by atoms with Crippen molar-refractivity contribution >= 4 is 11.9 Å². The van der Waals surface area contributed by atoms with Crippen LogP contribution in [0.25, 0.3) is 0 Å². The van der Waals surface area contributed by atoms with Crippen LogP contribution < -0.4 is 0 Å². The summed E-state index contributed by atoms with van der Waals surface area (Å²) in [6, 6.07) is -0.198. The number of carbonyl (C=O) groups excluding carboxylic acids is 2. The van der Waals surface area contributed by atoms with Crippen molar-refractivity contribution in [3.63, 3.8) is 0 Å². The lowest BCUT2D eigenvalue weighted by molar-refractivity contribution is -0.119. The molecule has 5 nitrogen and oxygen atoms in total. The van der Waals surface area contributed by atoms with Crippen LogP contribution in [0, 0.1) is 0 Å². The number of ether oxygens (including phenoxy) is 2. The van der Waals surface area contributed by atoms with Crippen LogP contribution in [0.1, 0.15) is 34.1 Å². The largest absolute Gasteiger partial charge is 0.444 e. The summed E-state index contributed by atoms with van der Waals surface area (Å²) in [7, 11) is 0. The van der Waals surface area contributed by atoms with E-state index in [0.717, 1.165) is 0 Å². The molecule has 1 aliphatic heterocycles. The molecule has 1 amide bonds. The molecule has 0 bridgehead atoms. The van der Waals surface area contributed by atoms with Gasteiger partial charge in [0.1, 0.15) is 11.4 Å². The maximum absolute atomic E-state index is 11.9. The van der Waals surface area contributed by atoms with Gasteiger partial charge in [0.25, 0.3) is 0 Å². The Morgan fingerprint density at radius 1 is 1.41 bits per heavy atom. The number of rotatable bonds is 2. The van der Waals surface area contributed by atoms with Crippen molar-refractivity contribution < 1.29 is 19.1 Å². The minimum atomic E-state index is -0.518. The zero-order valence-electron chi connectivity index (χ0n) is 11.0. The summed E-state index contributed by atoms with van der Waals surface area (Å²) in [6.45, 7) is 8.36. The second-order valence-electron chi connectivity index (χ2n) is 5.31. The number of hydrogen-bond donors (Lipinski definition) is 0. The fraction of sp³-hybridized carbons (Fsp3) is 0.833. The molecule has 17 heavy (non-hydrogen) atoms. The van der Waals surface area contributed by atoms with Gasteiger partial charge in [-0.1, -0.05) is 0 Å². The summed E-state index contributed by atoms with van der Waals surface area (Å²) in [5, 5.41) is 0. The SMILES string of the molecule is CC(=O)CC1COCCN1C(=O)OC(C)(C)C. The molecule has 0 spiro atoms. The molecule has 0 saturated carbocycles. The molecule has 0 radical (unpaired) electrons. The predicted molar refractivity (Wildman–Crippen MR) is 62.8 cm³/mol. The molecule has 0 aromatic heterocycles. The van der Waals surface area contributed by atoms with Crippen molar-refractivity contribution in [2.45, 2.75) is 45.8 Å². The number of hydrogen-bond acceptors (Lipinski definition) is 4. The van der Waals surface area contributed by atoms with Gasteiger partial charge in [-0.3, -0.25) is 4.79 Å². The summed E-state index contributed by atoms with van der Waals surface area (Å²) in [4.78, 5) is 24.7. The van der Waals surface area contributed by atoms with Gasteiger partial charge >= 0.3 is 6.09 Å². The first-order chi connectivity index (χ1) is 7.79. The van der Waals surface area contributed by atoms with Gasteiger partial charge in [0.15, 0.2) is 0 Å². The third-order valence-electron chi connectivity index (χ3n) is 2.38. The zero-order valence-corrected chi connectivity index (χ0v) is 11.0.